The first-order chi connectivity index (χ1) is 8.46. The van der Waals surface area contributed by atoms with Gasteiger partial charge in [-0.25, -0.2) is 8.42 Å². The summed E-state index contributed by atoms with van der Waals surface area (Å²) in [5.74, 6) is -0.0786. The fourth-order valence-corrected chi connectivity index (χ4v) is 2.64. The third kappa shape index (κ3) is 3.93. The second-order valence-corrected chi connectivity index (χ2v) is 7.06. The zero-order valence-corrected chi connectivity index (χ0v) is 11.6. The van der Waals surface area contributed by atoms with Crippen LogP contribution in [0.4, 0.5) is 0 Å². The Bertz CT molecular complexity index is 375. The van der Waals surface area contributed by atoms with Crippen molar-refractivity contribution in [1.82, 2.24) is 5.32 Å². The van der Waals surface area contributed by atoms with E-state index in [-0.39, 0.29) is 30.5 Å². The van der Waals surface area contributed by atoms with Crippen molar-refractivity contribution >= 4 is 15.7 Å². The van der Waals surface area contributed by atoms with Crippen molar-refractivity contribution in [1.29, 1.82) is 0 Å². The molecule has 1 fully saturated rings. The first-order valence-corrected chi connectivity index (χ1v) is 8.04. The molecule has 1 saturated heterocycles. The summed E-state index contributed by atoms with van der Waals surface area (Å²) >= 11 is 0. The molecule has 0 aromatic rings. The molecule has 1 amide bonds. The van der Waals surface area contributed by atoms with Gasteiger partial charge in [0, 0.05) is 32.1 Å². The number of carbonyl (C=O) groups excluding carboxylic acids is 1. The van der Waals surface area contributed by atoms with Gasteiger partial charge in [0.15, 0.2) is 9.84 Å². The number of hydrogen-bond acceptors (Lipinski definition) is 5. The smallest absolute Gasteiger partial charge is 0.227 e. The van der Waals surface area contributed by atoms with Gasteiger partial charge in [-0.05, 0) is 12.8 Å². The molecule has 1 heterocycles. The lowest BCUT2D eigenvalue weighted by molar-refractivity contribution is -0.135. The van der Waals surface area contributed by atoms with Gasteiger partial charge >= 0.3 is 0 Å². The molecule has 0 aromatic carbocycles. The van der Waals surface area contributed by atoms with Crippen molar-refractivity contribution in [2.75, 3.05) is 37.8 Å². The lowest BCUT2D eigenvalue weighted by atomic mass is 9.79. The van der Waals surface area contributed by atoms with E-state index in [0.717, 1.165) is 0 Å². The third-order valence-corrected chi connectivity index (χ3v) is 5.17. The molecule has 106 valence electrons. The Hall–Kier alpha value is -0.660. The molecule has 0 atom stereocenters. The number of rotatable bonds is 6. The van der Waals surface area contributed by atoms with Gasteiger partial charge in [-0.2, -0.15) is 0 Å². The predicted octanol–water partition coefficient (Wildman–Crippen LogP) is -0.707. The SMILES string of the molecule is CCS(=O)(=O)CCNC(=O)C1(CN)CCOCC1. The van der Waals surface area contributed by atoms with Crippen LogP contribution in [0.5, 0.6) is 0 Å². The van der Waals surface area contributed by atoms with E-state index in [1.165, 1.54) is 0 Å². The Labute approximate surface area is 108 Å². The highest BCUT2D eigenvalue weighted by Crippen LogP contribution is 2.29. The van der Waals surface area contributed by atoms with Crippen LogP contribution in [-0.2, 0) is 19.4 Å². The maximum absolute atomic E-state index is 12.1. The molecule has 0 spiro atoms. The zero-order chi connectivity index (χ0) is 13.6. The lowest BCUT2D eigenvalue weighted by Gasteiger charge is -2.34. The van der Waals surface area contributed by atoms with Crippen molar-refractivity contribution in [3.8, 4) is 0 Å². The number of amides is 1. The van der Waals surface area contributed by atoms with Crippen molar-refractivity contribution in [3.05, 3.63) is 0 Å². The van der Waals surface area contributed by atoms with Crippen LogP contribution in [0.2, 0.25) is 0 Å². The summed E-state index contributed by atoms with van der Waals surface area (Å²) < 4.78 is 27.8. The highest BCUT2D eigenvalue weighted by molar-refractivity contribution is 7.91. The summed E-state index contributed by atoms with van der Waals surface area (Å²) in [5.41, 5.74) is 5.10. The van der Waals surface area contributed by atoms with Crippen LogP contribution in [-0.4, -0.2) is 52.1 Å². The largest absolute Gasteiger partial charge is 0.381 e. The summed E-state index contributed by atoms with van der Waals surface area (Å²) in [5, 5.41) is 2.68. The second kappa shape index (κ2) is 6.49. The fourth-order valence-electron chi connectivity index (χ4n) is 1.94. The molecule has 1 aliphatic heterocycles. The molecule has 0 bridgehead atoms. The summed E-state index contributed by atoms with van der Waals surface area (Å²) in [6.07, 6.45) is 1.19. The minimum absolute atomic E-state index is 0.0214. The average molecular weight is 278 g/mol. The normalized spacial score (nSPS) is 19.4. The maximum Gasteiger partial charge on any atom is 0.227 e. The number of nitrogens with one attached hydrogen (secondary N) is 1. The van der Waals surface area contributed by atoms with Gasteiger partial charge in [0.2, 0.25) is 5.91 Å². The van der Waals surface area contributed by atoms with Crippen LogP contribution in [0.15, 0.2) is 0 Å². The number of ether oxygens (including phenoxy) is 1. The van der Waals surface area contributed by atoms with E-state index in [9.17, 15) is 13.2 Å². The molecule has 1 aliphatic rings. The first-order valence-electron chi connectivity index (χ1n) is 6.22. The maximum atomic E-state index is 12.1. The Morgan fingerprint density at radius 2 is 2.00 bits per heavy atom. The van der Waals surface area contributed by atoms with Gasteiger partial charge in [-0.15, -0.1) is 0 Å². The summed E-state index contributed by atoms with van der Waals surface area (Å²) in [4.78, 5) is 12.1. The molecule has 0 radical (unpaired) electrons. The summed E-state index contributed by atoms with van der Waals surface area (Å²) in [6, 6.07) is 0. The number of nitrogens with two attached hydrogens (primary N) is 1. The monoisotopic (exact) mass is 278 g/mol. The van der Waals surface area contributed by atoms with Crippen LogP contribution in [0.1, 0.15) is 19.8 Å². The van der Waals surface area contributed by atoms with E-state index in [1.54, 1.807) is 6.92 Å². The molecular formula is C11H22N2O4S. The van der Waals surface area contributed by atoms with E-state index in [0.29, 0.717) is 26.1 Å². The average Bonchev–Trinajstić information content (AvgIpc) is 2.39. The number of carbonyl (C=O) groups is 1. The molecule has 0 saturated carbocycles. The highest BCUT2D eigenvalue weighted by Gasteiger charge is 2.38. The van der Waals surface area contributed by atoms with Crippen LogP contribution < -0.4 is 11.1 Å². The number of hydrogen-bond donors (Lipinski definition) is 2. The molecule has 0 aliphatic carbocycles. The molecule has 0 unspecified atom stereocenters. The molecule has 1 rings (SSSR count). The van der Waals surface area contributed by atoms with Crippen molar-refractivity contribution in [2.24, 2.45) is 11.1 Å². The van der Waals surface area contributed by atoms with Crippen molar-refractivity contribution in [2.45, 2.75) is 19.8 Å². The fraction of sp³-hybridized carbons (Fsp3) is 0.909. The van der Waals surface area contributed by atoms with E-state index < -0.39 is 15.3 Å². The third-order valence-electron chi connectivity index (χ3n) is 3.46. The van der Waals surface area contributed by atoms with Gasteiger partial charge in [0.05, 0.1) is 11.2 Å². The highest BCUT2D eigenvalue weighted by atomic mass is 32.2. The summed E-state index contributed by atoms with van der Waals surface area (Å²) in [6.45, 7) is 3.06. The Kier molecular flexibility index (Phi) is 5.55. The first kappa shape index (κ1) is 15.4. The lowest BCUT2D eigenvalue weighted by Crippen LogP contribution is -2.50. The Morgan fingerprint density at radius 3 is 2.50 bits per heavy atom. The van der Waals surface area contributed by atoms with Crippen molar-refractivity contribution in [3.63, 3.8) is 0 Å². The number of sulfone groups is 1. The molecule has 18 heavy (non-hydrogen) atoms. The van der Waals surface area contributed by atoms with Crippen LogP contribution in [0, 0.1) is 5.41 Å². The summed E-state index contributed by atoms with van der Waals surface area (Å²) in [7, 11) is -3.04. The van der Waals surface area contributed by atoms with Gasteiger partial charge in [0.1, 0.15) is 0 Å². The zero-order valence-electron chi connectivity index (χ0n) is 10.8. The Balaban J connectivity index is 2.48. The van der Waals surface area contributed by atoms with E-state index >= 15 is 0 Å². The molecule has 6 nitrogen and oxygen atoms in total. The van der Waals surface area contributed by atoms with Crippen molar-refractivity contribution < 1.29 is 17.9 Å². The van der Waals surface area contributed by atoms with Gasteiger partial charge in [-0.1, -0.05) is 6.92 Å². The van der Waals surface area contributed by atoms with E-state index in [2.05, 4.69) is 5.32 Å². The molecule has 3 N–H and O–H groups in total. The van der Waals surface area contributed by atoms with E-state index in [1.807, 2.05) is 0 Å². The molecular weight excluding hydrogens is 256 g/mol. The van der Waals surface area contributed by atoms with E-state index in [4.69, 9.17) is 10.5 Å². The van der Waals surface area contributed by atoms with Gasteiger partial charge in [-0.3, -0.25) is 4.79 Å². The van der Waals surface area contributed by atoms with Crippen LogP contribution in [0.25, 0.3) is 0 Å². The molecule has 7 heteroatoms. The topological polar surface area (TPSA) is 98.5 Å². The minimum atomic E-state index is -3.04. The van der Waals surface area contributed by atoms with Gasteiger partial charge < -0.3 is 15.8 Å². The predicted molar refractivity (Wildman–Crippen MR) is 68.9 cm³/mol. The Morgan fingerprint density at radius 1 is 1.39 bits per heavy atom. The molecule has 0 aromatic heterocycles. The minimum Gasteiger partial charge on any atom is -0.381 e. The van der Waals surface area contributed by atoms with Crippen LogP contribution >= 0.6 is 0 Å². The standard InChI is InChI=1S/C11H22N2O4S/c1-2-18(15,16)8-5-13-10(14)11(9-12)3-6-17-7-4-11/h2-9,12H2,1H3,(H,13,14). The van der Waals surface area contributed by atoms with Gasteiger partial charge in [0.25, 0.3) is 0 Å². The quantitative estimate of drug-likeness (QED) is 0.669. The second-order valence-electron chi connectivity index (χ2n) is 4.59. The van der Waals surface area contributed by atoms with Crippen LogP contribution in [0.3, 0.4) is 0 Å².